The number of hydrogen-bond acceptors (Lipinski definition) is 5. The summed E-state index contributed by atoms with van der Waals surface area (Å²) in [6.07, 6.45) is 2.99. The largest absolute Gasteiger partial charge is 0.339 e. The van der Waals surface area contributed by atoms with Gasteiger partial charge in [0.05, 0.1) is 17.8 Å². The highest BCUT2D eigenvalue weighted by molar-refractivity contribution is 5.63. The molecule has 6 heteroatoms. The molecular formula is C18H21N5O. The number of benzene rings is 1. The molecule has 0 bridgehead atoms. The van der Waals surface area contributed by atoms with Crippen LogP contribution in [0.1, 0.15) is 35.2 Å². The Labute approximate surface area is 140 Å². The molecule has 1 fully saturated rings. The van der Waals surface area contributed by atoms with Gasteiger partial charge in [0.1, 0.15) is 0 Å². The number of aromatic amines is 1. The first-order valence-corrected chi connectivity index (χ1v) is 8.31. The maximum absolute atomic E-state index is 5.33. The van der Waals surface area contributed by atoms with Crippen LogP contribution in [0.2, 0.25) is 0 Å². The van der Waals surface area contributed by atoms with Crippen LogP contribution in [0.5, 0.6) is 0 Å². The predicted octanol–water partition coefficient (Wildman–Crippen LogP) is 3.07. The fraction of sp³-hybridized carbons (Fsp3) is 0.389. The SMILES string of the molecule is Cc1cccc(-c2[nH]ncc2CN2CCC(c3nc(C)no3)C2)c1. The lowest BCUT2D eigenvalue weighted by molar-refractivity contribution is 0.309. The zero-order chi connectivity index (χ0) is 16.5. The highest BCUT2D eigenvalue weighted by Gasteiger charge is 2.28. The van der Waals surface area contributed by atoms with E-state index in [9.17, 15) is 0 Å². The molecule has 1 aromatic carbocycles. The van der Waals surface area contributed by atoms with Crippen molar-refractivity contribution in [3.8, 4) is 11.3 Å². The van der Waals surface area contributed by atoms with Gasteiger partial charge in [0.2, 0.25) is 5.89 Å². The van der Waals surface area contributed by atoms with Gasteiger partial charge in [0, 0.05) is 24.2 Å². The zero-order valence-corrected chi connectivity index (χ0v) is 14.0. The van der Waals surface area contributed by atoms with Crippen LogP contribution >= 0.6 is 0 Å². The van der Waals surface area contributed by atoms with Gasteiger partial charge in [0.15, 0.2) is 5.82 Å². The first-order chi connectivity index (χ1) is 11.7. The molecule has 0 amide bonds. The van der Waals surface area contributed by atoms with Crippen LogP contribution in [-0.4, -0.2) is 38.3 Å². The van der Waals surface area contributed by atoms with Crippen LogP contribution in [-0.2, 0) is 6.54 Å². The lowest BCUT2D eigenvalue weighted by atomic mass is 10.1. The number of nitrogens with zero attached hydrogens (tertiary/aromatic N) is 4. The van der Waals surface area contributed by atoms with Gasteiger partial charge >= 0.3 is 0 Å². The molecule has 0 radical (unpaired) electrons. The van der Waals surface area contributed by atoms with Crippen molar-refractivity contribution in [1.29, 1.82) is 0 Å². The minimum absolute atomic E-state index is 0.334. The summed E-state index contributed by atoms with van der Waals surface area (Å²) in [4.78, 5) is 6.80. The van der Waals surface area contributed by atoms with Gasteiger partial charge in [-0.3, -0.25) is 10.00 Å². The predicted molar refractivity (Wildman–Crippen MR) is 90.4 cm³/mol. The second kappa shape index (κ2) is 6.20. The van der Waals surface area contributed by atoms with Crippen LogP contribution in [0, 0.1) is 13.8 Å². The Balaban J connectivity index is 1.48. The van der Waals surface area contributed by atoms with Crippen molar-refractivity contribution in [2.45, 2.75) is 32.7 Å². The minimum atomic E-state index is 0.334. The van der Waals surface area contributed by atoms with Crippen LogP contribution < -0.4 is 0 Å². The fourth-order valence-electron chi connectivity index (χ4n) is 3.38. The summed E-state index contributed by atoms with van der Waals surface area (Å²) in [5.41, 5.74) is 4.77. The molecule has 0 saturated carbocycles. The Morgan fingerprint density at radius 1 is 1.33 bits per heavy atom. The minimum Gasteiger partial charge on any atom is -0.339 e. The Hall–Kier alpha value is -2.47. The second-order valence-electron chi connectivity index (χ2n) is 6.54. The molecule has 124 valence electrons. The van der Waals surface area contributed by atoms with Gasteiger partial charge in [-0.05, 0) is 32.9 Å². The highest BCUT2D eigenvalue weighted by Crippen LogP contribution is 2.29. The third-order valence-electron chi connectivity index (χ3n) is 4.58. The lowest BCUT2D eigenvalue weighted by Gasteiger charge is -2.15. The van der Waals surface area contributed by atoms with Gasteiger partial charge < -0.3 is 4.52 Å². The van der Waals surface area contributed by atoms with E-state index in [1.54, 1.807) is 0 Å². The van der Waals surface area contributed by atoms with Crippen LogP contribution in [0.4, 0.5) is 0 Å². The topological polar surface area (TPSA) is 70.8 Å². The second-order valence-corrected chi connectivity index (χ2v) is 6.54. The van der Waals surface area contributed by atoms with E-state index >= 15 is 0 Å². The van der Waals surface area contributed by atoms with Gasteiger partial charge in [-0.1, -0.05) is 28.9 Å². The number of nitrogens with one attached hydrogen (secondary N) is 1. The van der Waals surface area contributed by atoms with E-state index in [0.29, 0.717) is 11.7 Å². The molecule has 2 aromatic heterocycles. The molecule has 0 spiro atoms. The number of H-pyrrole nitrogens is 1. The van der Waals surface area contributed by atoms with Gasteiger partial charge in [-0.25, -0.2) is 0 Å². The van der Waals surface area contributed by atoms with E-state index in [4.69, 9.17) is 4.52 Å². The first kappa shape index (κ1) is 15.1. The van der Waals surface area contributed by atoms with Gasteiger partial charge in [-0.15, -0.1) is 0 Å². The molecule has 1 N–H and O–H groups in total. The van der Waals surface area contributed by atoms with Gasteiger partial charge in [-0.2, -0.15) is 10.1 Å². The van der Waals surface area contributed by atoms with E-state index in [2.05, 4.69) is 56.4 Å². The number of rotatable bonds is 4. The van der Waals surface area contributed by atoms with Crippen molar-refractivity contribution in [2.24, 2.45) is 0 Å². The van der Waals surface area contributed by atoms with Crippen molar-refractivity contribution in [3.63, 3.8) is 0 Å². The van der Waals surface area contributed by atoms with E-state index in [0.717, 1.165) is 37.6 Å². The lowest BCUT2D eigenvalue weighted by Crippen LogP contribution is -2.20. The summed E-state index contributed by atoms with van der Waals surface area (Å²) < 4.78 is 5.33. The molecule has 3 aromatic rings. The van der Waals surface area contributed by atoms with E-state index in [1.807, 2.05) is 13.1 Å². The summed E-state index contributed by atoms with van der Waals surface area (Å²) in [7, 11) is 0. The molecule has 3 heterocycles. The summed E-state index contributed by atoms with van der Waals surface area (Å²) in [5.74, 6) is 1.81. The Bertz CT molecular complexity index is 837. The summed E-state index contributed by atoms with van der Waals surface area (Å²) in [6, 6.07) is 8.50. The molecule has 6 nitrogen and oxygen atoms in total. The van der Waals surface area contributed by atoms with Crippen molar-refractivity contribution in [3.05, 3.63) is 53.3 Å². The van der Waals surface area contributed by atoms with E-state index < -0.39 is 0 Å². The molecule has 1 unspecified atom stereocenters. The standard InChI is InChI=1S/C18H21N5O/c1-12-4-3-5-14(8-12)17-16(9-19-21-17)11-23-7-6-15(10-23)18-20-13(2)22-24-18/h3-5,8-9,15H,6-7,10-11H2,1-2H3,(H,19,21). The summed E-state index contributed by atoms with van der Waals surface area (Å²) >= 11 is 0. The number of likely N-dealkylation sites (tertiary alicyclic amines) is 1. The summed E-state index contributed by atoms with van der Waals surface area (Å²) in [6.45, 7) is 6.82. The molecule has 0 aliphatic carbocycles. The third-order valence-corrected chi connectivity index (χ3v) is 4.58. The van der Waals surface area contributed by atoms with Crippen molar-refractivity contribution >= 4 is 0 Å². The zero-order valence-electron chi connectivity index (χ0n) is 14.0. The van der Waals surface area contributed by atoms with E-state index in [1.165, 1.54) is 16.7 Å². The normalized spacial score (nSPS) is 18.3. The molecule has 24 heavy (non-hydrogen) atoms. The monoisotopic (exact) mass is 323 g/mol. The van der Waals surface area contributed by atoms with E-state index in [-0.39, 0.29) is 0 Å². The maximum Gasteiger partial charge on any atom is 0.231 e. The Morgan fingerprint density at radius 3 is 3.04 bits per heavy atom. The quantitative estimate of drug-likeness (QED) is 0.799. The number of aromatic nitrogens is 4. The molecule has 1 aliphatic heterocycles. The van der Waals surface area contributed by atoms with Crippen molar-refractivity contribution < 1.29 is 4.52 Å². The Morgan fingerprint density at radius 2 is 2.25 bits per heavy atom. The highest BCUT2D eigenvalue weighted by atomic mass is 16.5. The maximum atomic E-state index is 5.33. The van der Waals surface area contributed by atoms with Crippen LogP contribution in [0.15, 0.2) is 35.0 Å². The summed E-state index contributed by atoms with van der Waals surface area (Å²) in [5, 5.41) is 11.3. The first-order valence-electron chi connectivity index (χ1n) is 8.31. The molecule has 4 rings (SSSR count). The molecule has 1 saturated heterocycles. The van der Waals surface area contributed by atoms with Crippen molar-refractivity contribution in [1.82, 2.24) is 25.2 Å². The number of aryl methyl sites for hydroxylation is 2. The van der Waals surface area contributed by atoms with Crippen LogP contribution in [0.3, 0.4) is 0 Å². The smallest absolute Gasteiger partial charge is 0.231 e. The number of hydrogen-bond donors (Lipinski definition) is 1. The Kier molecular flexibility index (Phi) is 3.90. The van der Waals surface area contributed by atoms with Gasteiger partial charge in [0.25, 0.3) is 0 Å². The third kappa shape index (κ3) is 2.97. The molecular weight excluding hydrogens is 302 g/mol. The average Bonchev–Trinajstić information content (AvgIpc) is 3.28. The van der Waals surface area contributed by atoms with Crippen molar-refractivity contribution in [2.75, 3.05) is 13.1 Å². The molecule has 1 aliphatic rings. The molecule has 1 atom stereocenters. The average molecular weight is 323 g/mol. The fourth-order valence-corrected chi connectivity index (χ4v) is 3.38. The van der Waals surface area contributed by atoms with Crippen LogP contribution in [0.25, 0.3) is 11.3 Å².